The minimum Gasteiger partial charge on any atom is -0.477 e. The minimum absolute atomic E-state index is 0.193. The number of aryl methyl sites for hydroxylation is 1. The lowest BCUT2D eigenvalue weighted by Gasteiger charge is -2.03. The van der Waals surface area contributed by atoms with Crippen molar-refractivity contribution in [2.45, 2.75) is 6.92 Å². The lowest BCUT2D eigenvalue weighted by molar-refractivity contribution is 0.0702. The first-order valence-electron chi connectivity index (χ1n) is 4.97. The SMILES string of the molecule is Cc1cc(C#N)cc(Oc2csc(C(=O)O)c2)n1. The van der Waals surface area contributed by atoms with Gasteiger partial charge in [0.1, 0.15) is 10.6 Å². The standard InChI is InChI=1S/C12H8N2O3S/c1-7-2-8(5-13)3-11(14-7)17-9-4-10(12(15)16)18-6-9/h2-4,6H,1H3,(H,15,16). The summed E-state index contributed by atoms with van der Waals surface area (Å²) < 4.78 is 5.42. The van der Waals surface area contributed by atoms with E-state index in [9.17, 15) is 4.79 Å². The number of rotatable bonds is 3. The molecule has 0 aliphatic rings. The van der Waals surface area contributed by atoms with Gasteiger partial charge in [0.05, 0.1) is 11.6 Å². The van der Waals surface area contributed by atoms with Gasteiger partial charge in [-0.05, 0) is 13.0 Å². The van der Waals surface area contributed by atoms with Gasteiger partial charge in [0, 0.05) is 23.2 Å². The maximum Gasteiger partial charge on any atom is 0.346 e. The summed E-state index contributed by atoms with van der Waals surface area (Å²) in [4.78, 5) is 15.0. The summed E-state index contributed by atoms with van der Waals surface area (Å²) in [6.07, 6.45) is 0. The van der Waals surface area contributed by atoms with Crippen LogP contribution in [0.15, 0.2) is 23.6 Å². The molecule has 6 heteroatoms. The van der Waals surface area contributed by atoms with Crippen LogP contribution in [0.3, 0.4) is 0 Å². The van der Waals surface area contributed by atoms with Crippen molar-refractivity contribution in [1.82, 2.24) is 4.98 Å². The molecule has 0 saturated heterocycles. The van der Waals surface area contributed by atoms with Crippen LogP contribution in [0.5, 0.6) is 11.6 Å². The Kier molecular flexibility index (Phi) is 3.26. The normalized spacial score (nSPS) is 9.78. The highest BCUT2D eigenvalue weighted by Crippen LogP contribution is 2.26. The summed E-state index contributed by atoms with van der Waals surface area (Å²) in [6, 6.07) is 6.57. The van der Waals surface area contributed by atoms with Crippen molar-refractivity contribution in [3.8, 4) is 17.7 Å². The Bertz CT molecular complexity index is 643. The fourth-order valence-electron chi connectivity index (χ4n) is 1.36. The van der Waals surface area contributed by atoms with Gasteiger partial charge in [0.25, 0.3) is 0 Å². The zero-order chi connectivity index (χ0) is 13.1. The Morgan fingerprint density at radius 2 is 2.28 bits per heavy atom. The number of ether oxygens (including phenoxy) is 1. The van der Waals surface area contributed by atoms with Gasteiger partial charge < -0.3 is 9.84 Å². The van der Waals surface area contributed by atoms with Crippen molar-refractivity contribution in [2.75, 3.05) is 0 Å². The molecule has 0 unspecified atom stereocenters. The molecule has 0 aromatic carbocycles. The van der Waals surface area contributed by atoms with Crippen molar-refractivity contribution in [3.63, 3.8) is 0 Å². The maximum absolute atomic E-state index is 10.7. The molecule has 1 N–H and O–H groups in total. The third-order valence-corrected chi connectivity index (χ3v) is 2.96. The summed E-state index contributed by atoms with van der Waals surface area (Å²) in [5, 5.41) is 19.2. The van der Waals surface area contributed by atoms with E-state index in [1.807, 2.05) is 6.07 Å². The largest absolute Gasteiger partial charge is 0.477 e. The highest BCUT2D eigenvalue weighted by molar-refractivity contribution is 7.12. The summed E-state index contributed by atoms with van der Waals surface area (Å²) >= 11 is 1.07. The quantitative estimate of drug-likeness (QED) is 0.917. The van der Waals surface area contributed by atoms with E-state index >= 15 is 0 Å². The van der Waals surface area contributed by atoms with E-state index in [1.54, 1.807) is 18.4 Å². The molecule has 2 heterocycles. The second kappa shape index (κ2) is 4.85. The van der Waals surface area contributed by atoms with Crippen LogP contribution in [0, 0.1) is 18.3 Å². The molecule has 18 heavy (non-hydrogen) atoms. The molecule has 2 aromatic rings. The van der Waals surface area contributed by atoms with Crippen LogP contribution in [0.25, 0.3) is 0 Å². The molecule has 2 aromatic heterocycles. The molecule has 0 atom stereocenters. The first-order chi connectivity index (χ1) is 8.58. The number of aromatic nitrogens is 1. The maximum atomic E-state index is 10.7. The number of carboxylic acids is 1. The van der Waals surface area contributed by atoms with Crippen LogP contribution in [-0.2, 0) is 0 Å². The van der Waals surface area contributed by atoms with Crippen molar-refractivity contribution >= 4 is 17.3 Å². The number of pyridine rings is 1. The average Bonchev–Trinajstić information content (AvgIpc) is 2.76. The fraction of sp³-hybridized carbons (Fsp3) is 0.0833. The van der Waals surface area contributed by atoms with Gasteiger partial charge in [-0.25, -0.2) is 9.78 Å². The van der Waals surface area contributed by atoms with E-state index in [1.165, 1.54) is 12.1 Å². The number of aromatic carboxylic acids is 1. The highest BCUT2D eigenvalue weighted by atomic mass is 32.1. The zero-order valence-electron chi connectivity index (χ0n) is 9.38. The fourth-order valence-corrected chi connectivity index (χ4v) is 2.00. The smallest absolute Gasteiger partial charge is 0.346 e. The van der Waals surface area contributed by atoms with Gasteiger partial charge in [-0.1, -0.05) is 0 Å². The summed E-state index contributed by atoms with van der Waals surface area (Å²) in [7, 11) is 0. The van der Waals surface area contributed by atoms with Crippen molar-refractivity contribution in [1.29, 1.82) is 5.26 Å². The highest BCUT2D eigenvalue weighted by Gasteiger charge is 2.09. The minimum atomic E-state index is -0.996. The van der Waals surface area contributed by atoms with E-state index in [0.717, 1.165) is 11.3 Å². The first-order valence-corrected chi connectivity index (χ1v) is 5.85. The van der Waals surface area contributed by atoms with Crippen LogP contribution >= 0.6 is 11.3 Å². The Morgan fingerprint density at radius 1 is 1.50 bits per heavy atom. The molecule has 0 bridgehead atoms. The van der Waals surface area contributed by atoms with E-state index < -0.39 is 5.97 Å². The van der Waals surface area contributed by atoms with Gasteiger partial charge in [-0.3, -0.25) is 0 Å². The number of carboxylic acid groups (broad SMARTS) is 1. The van der Waals surface area contributed by atoms with Gasteiger partial charge >= 0.3 is 5.97 Å². The molecule has 0 spiro atoms. The number of thiophene rings is 1. The Labute approximate surface area is 107 Å². The van der Waals surface area contributed by atoms with E-state index in [-0.39, 0.29) is 10.8 Å². The van der Waals surface area contributed by atoms with Crippen LogP contribution in [0.1, 0.15) is 20.9 Å². The molecule has 0 aliphatic carbocycles. The molecule has 2 rings (SSSR count). The molecular formula is C12H8N2O3S. The molecule has 0 aliphatic heterocycles. The summed E-state index contributed by atoms with van der Waals surface area (Å²) in [5.41, 5.74) is 1.11. The molecule has 5 nitrogen and oxygen atoms in total. The van der Waals surface area contributed by atoms with Gasteiger partial charge in [-0.15, -0.1) is 11.3 Å². The predicted octanol–water partition coefficient (Wildman–Crippen LogP) is 2.81. The molecule has 0 saturated carbocycles. The van der Waals surface area contributed by atoms with Crippen LogP contribution in [0.2, 0.25) is 0 Å². The number of nitriles is 1. The van der Waals surface area contributed by atoms with Gasteiger partial charge in [-0.2, -0.15) is 5.26 Å². The van der Waals surface area contributed by atoms with Crippen molar-refractivity contribution in [3.05, 3.63) is 39.7 Å². The van der Waals surface area contributed by atoms with Gasteiger partial charge in [0.2, 0.25) is 5.88 Å². The molecule has 0 amide bonds. The lowest BCUT2D eigenvalue weighted by Crippen LogP contribution is -1.92. The number of carbonyl (C=O) groups is 1. The number of hydrogen-bond acceptors (Lipinski definition) is 5. The van der Waals surface area contributed by atoms with Gasteiger partial charge in [0.15, 0.2) is 0 Å². The third kappa shape index (κ3) is 2.64. The molecule has 0 radical (unpaired) electrons. The number of nitrogens with zero attached hydrogens (tertiary/aromatic N) is 2. The van der Waals surface area contributed by atoms with Crippen LogP contribution < -0.4 is 4.74 Å². The second-order valence-corrected chi connectivity index (χ2v) is 4.41. The third-order valence-electron chi connectivity index (χ3n) is 2.07. The molecule has 90 valence electrons. The van der Waals surface area contributed by atoms with Crippen LogP contribution in [-0.4, -0.2) is 16.1 Å². The lowest BCUT2D eigenvalue weighted by atomic mass is 10.2. The Morgan fingerprint density at radius 3 is 2.89 bits per heavy atom. The second-order valence-electron chi connectivity index (χ2n) is 3.50. The summed E-state index contributed by atoms with van der Waals surface area (Å²) in [5.74, 6) is -0.314. The number of hydrogen-bond donors (Lipinski definition) is 1. The Hall–Kier alpha value is -2.39. The molecular weight excluding hydrogens is 252 g/mol. The van der Waals surface area contributed by atoms with E-state index in [4.69, 9.17) is 15.1 Å². The first kappa shape index (κ1) is 12.1. The van der Waals surface area contributed by atoms with E-state index in [2.05, 4.69) is 4.98 Å². The van der Waals surface area contributed by atoms with E-state index in [0.29, 0.717) is 17.0 Å². The molecule has 0 fully saturated rings. The topological polar surface area (TPSA) is 83.2 Å². The monoisotopic (exact) mass is 260 g/mol. The van der Waals surface area contributed by atoms with Crippen LogP contribution in [0.4, 0.5) is 0 Å². The average molecular weight is 260 g/mol. The predicted molar refractivity (Wildman–Crippen MR) is 65.0 cm³/mol. The van der Waals surface area contributed by atoms with Crippen molar-refractivity contribution < 1.29 is 14.6 Å². The van der Waals surface area contributed by atoms with Crippen molar-refractivity contribution in [2.24, 2.45) is 0 Å². The summed E-state index contributed by atoms with van der Waals surface area (Å²) in [6.45, 7) is 1.75. The Balaban J connectivity index is 2.25. The zero-order valence-corrected chi connectivity index (χ0v) is 10.2.